The van der Waals surface area contributed by atoms with Gasteiger partial charge in [0, 0.05) is 0 Å². The van der Waals surface area contributed by atoms with Crippen LogP contribution < -0.4 is 0 Å². The fourth-order valence-electron chi connectivity index (χ4n) is 1.89. The molecule has 0 aromatic carbocycles. The van der Waals surface area contributed by atoms with Crippen LogP contribution in [0.5, 0.6) is 0 Å². The molecule has 0 bridgehead atoms. The van der Waals surface area contributed by atoms with Crippen LogP contribution in [-0.2, 0) is 31.6 Å². The number of hydrogen-bond acceptors (Lipinski definition) is 9. The van der Waals surface area contributed by atoms with Crippen molar-refractivity contribution in [2.75, 3.05) is 13.3 Å². The summed E-state index contributed by atoms with van der Waals surface area (Å²) < 4.78 is 53.5. The molecule has 23 heavy (non-hydrogen) atoms. The van der Waals surface area contributed by atoms with Crippen LogP contribution in [0.3, 0.4) is 0 Å². The first-order valence-corrected chi connectivity index (χ1v) is 13.4. The number of hydrogen-bond donors (Lipinski definition) is 5. The summed E-state index contributed by atoms with van der Waals surface area (Å²) in [7, 11) is -4.22. The molecule has 0 saturated carbocycles. The Labute approximate surface area is 143 Å². The molecule has 0 aromatic heterocycles. The first-order chi connectivity index (χ1) is 10.3. The standard InChI is InChI=1S/C6H13B2O10P3S2/c1-19(11,12)17-21(14,23)18-20(13,22)15-2-3-4(9)5(10)6(16-3)7-8-6/h3-5,9-10H,2H2,1H3,(H,11,12)(H,13,22)(H,14,23). The summed E-state index contributed by atoms with van der Waals surface area (Å²) in [4.78, 5) is 8.97. The molecule has 1 spiro atoms. The summed E-state index contributed by atoms with van der Waals surface area (Å²) in [5.41, 5.74) is 0. The Kier molecular flexibility index (Phi) is 6.04. The third kappa shape index (κ3) is 5.61. The summed E-state index contributed by atoms with van der Waals surface area (Å²) in [6, 6.07) is 0. The molecule has 0 radical (unpaired) electrons. The number of aliphatic hydroxyl groups excluding tert-OH is 2. The summed E-state index contributed by atoms with van der Waals surface area (Å²) in [6.07, 6.45) is -3.55. The van der Waals surface area contributed by atoms with E-state index >= 15 is 0 Å². The predicted molar refractivity (Wildman–Crippen MR) is 88.2 cm³/mol. The molecule has 0 aromatic rings. The van der Waals surface area contributed by atoms with Gasteiger partial charge in [0.25, 0.3) is 0 Å². The normalized spacial score (nSPS) is 35.7. The third-order valence-corrected chi connectivity index (χ3v) is 9.36. The van der Waals surface area contributed by atoms with Crippen LogP contribution in [-0.4, -0.2) is 65.7 Å². The maximum absolute atomic E-state index is 12.0. The molecule has 2 aliphatic heterocycles. The quantitative estimate of drug-likeness (QED) is 0.216. The topological polar surface area (TPSA) is 149 Å². The van der Waals surface area contributed by atoms with Gasteiger partial charge in [-0.1, -0.05) is 0 Å². The van der Waals surface area contributed by atoms with Crippen LogP contribution in [0.2, 0.25) is 0 Å². The number of thiol groups is 2. The molecular formula is C6H13B2O10P3S2. The fraction of sp³-hybridized carbons (Fsp3) is 1.00. The van der Waals surface area contributed by atoms with Crippen LogP contribution in [0.1, 0.15) is 0 Å². The van der Waals surface area contributed by atoms with Gasteiger partial charge in [0.1, 0.15) is 0 Å². The molecule has 0 amide bonds. The minimum atomic E-state index is -4.49. The second-order valence-corrected chi connectivity index (χ2v) is 13.0. The average molecular weight is 424 g/mol. The van der Waals surface area contributed by atoms with E-state index in [1.165, 1.54) is 13.6 Å². The van der Waals surface area contributed by atoms with Crippen molar-refractivity contribution in [3.63, 3.8) is 0 Å². The van der Waals surface area contributed by atoms with Crippen LogP contribution in [0.15, 0.2) is 0 Å². The van der Waals surface area contributed by atoms with Gasteiger partial charge in [-0.3, -0.25) is 0 Å². The molecule has 17 heteroatoms. The van der Waals surface area contributed by atoms with Crippen LogP contribution in [0, 0.1) is 0 Å². The Balaban J connectivity index is 1.91. The van der Waals surface area contributed by atoms with Crippen molar-refractivity contribution in [1.82, 2.24) is 0 Å². The Morgan fingerprint density at radius 2 is 1.74 bits per heavy atom. The molecular weight excluding hydrogens is 411 g/mol. The van der Waals surface area contributed by atoms with E-state index in [0.29, 0.717) is 0 Å². The fourth-order valence-corrected chi connectivity index (χ4v) is 9.05. The van der Waals surface area contributed by atoms with Crippen molar-refractivity contribution in [2.45, 2.75) is 23.7 Å². The van der Waals surface area contributed by atoms with E-state index in [0.717, 1.165) is 6.66 Å². The van der Waals surface area contributed by atoms with E-state index < -0.39 is 51.5 Å². The van der Waals surface area contributed by atoms with Crippen molar-refractivity contribution in [2.24, 2.45) is 0 Å². The van der Waals surface area contributed by atoms with E-state index in [4.69, 9.17) is 14.2 Å². The Morgan fingerprint density at radius 3 is 2.17 bits per heavy atom. The zero-order valence-electron chi connectivity index (χ0n) is 11.5. The van der Waals surface area contributed by atoms with Crippen molar-refractivity contribution < 1.29 is 46.7 Å². The first kappa shape index (κ1) is 20.6. The number of rotatable bonds is 7. The number of ether oxygens (including phenoxy) is 1. The molecule has 6 atom stereocenters. The van der Waals surface area contributed by atoms with Crippen molar-refractivity contribution in [1.29, 1.82) is 0 Å². The van der Waals surface area contributed by atoms with E-state index in [1.54, 1.807) is 0 Å². The van der Waals surface area contributed by atoms with Gasteiger partial charge in [-0.2, -0.15) is 0 Å². The molecule has 130 valence electrons. The zero-order valence-corrected chi connectivity index (χ0v) is 16.0. The number of aliphatic hydroxyl groups is 2. The van der Waals surface area contributed by atoms with Gasteiger partial charge in [0.15, 0.2) is 0 Å². The van der Waals surface area contributed by atoms with Gasteiger partial charge < -0.3 is 0 Å². The molecule has 6 unspecified atom stereocenters. The Hall–Kier alpha value is 1.24. The summed E-state index contributed by atoms with van der Waals surface area (Å²) in [5.74, 6) is 0. The van der Waals surface area contributed by atoms with Gasteiger partial charge in [-0.05, 0) is 0 Å². The average Bonchev–Trinajstić information content (AvgIpc) is 3.04. The van der Waals surface area contributed by atoms with Crippen LogP contribution in [0.25, 0.3) is 0 Å². The van der Waals surface area contributed by atoms with Crippen molar-refractivity contribution in [3.8, 4) is 0 Å². The predicted octanol–water partition coefficient (Wildman–Crippen LogP) is 0.0386. The minimum absolute atomic E-state index is 0.515. The second kappa shape index (κ2) is 6.76. The second-order valence-electron chi connectivity index (χ2n) is 4.98. The molecule has 2 heterocycles. The van der Waals surface area contributed by atoms with E-state index in [2.05, 4.69) is 33.1 Å². The molecule has 3 N–H and O–H groups in total. The van der Waals surface area contributed by atoms with Gasteiger partial charge in [-0.25, -0.2) is 0 Å². The van der Waals surface area contributed by atoms with E-state index in [1.807, 2.05) is 0 Å². The van der Waals surface area contributed by atoms with Crippen molar-refractivity contribution >= 4 is 59.3 Å². The molecule has 1 saturated heterocycles. The molecule has 0 aliphatic carbocycles. The first-order valence-electron chi connectivity index (χ1n) is 6.03. The van der Waals surface area contributed by atoms with E-state index in [-0.39, 0.29) is 0 Å². The molecule has 2 aliphatic rings. The van der Waals surface area contributed by atoms with Crippen LogP contribution >= 0.6 is 45.7 Å². The van der Waals surface area contributed by atoms with Gasteiger partial charge in [-0.15, -0.1) is 0 Å². The summed E-state index contributed by atoms with van der Waals surface area (Å²) in [6.45, 7) is -5.51. The molecule has 10 nitrogen and oxygen atoms in total. The SMILES string of the molecule is CP(=O)(O)OP(=O)(S)OP(=O)(S)OCC1OC2(B=B2)C(O)C1O. The Morgan fingerprint density at radius 1 is 1.17 bits per heavy atom. The monoisotopic (exact) mass is 424 g/mol. The van der Waals surface area contributed by atoms with E-state index in [9.17, 15) is 23.9 Å². The molecule has 1 fully saturated rings. The molecule has 2 rings (SSSR count). The van der Waals surface area contributed by atoms with Gasteiger partial charge in [0.05, 0.1) is 0 Å². The van der Waals surface area contributed by atoms with Crippen molar-refractivity contribution in [3.05, 3.63) is 0 Å². The summed E-state index contributed by atoms with van der Waals surface area (Å²) in [5, 5.41) is 18.5. The van der Waals surface area contributed by atoms with Crippen LogP contribution in [0.4, 0.5) is 0 Å². The Bertz CT molecular complexity index is 647. The zero-order chi connectivity index (χ0) is 17.7. The van der Waals surface area contributed by atoms with Gasteiger partial charge in [0.2, 0.25) is 0 Å². The summed E-state index contributed by atoms with van der Waals surface area (Å²) >= 11 is 6.93. The third-order valence-electron chi connectivity index (χ3n) is 2.88. The maximum atomic E-state index is 12.0. The van der Waals surface area contributed by atoms with Gasteiger partial charge >= 0.3 is 143 Å².